The quantitative estimate of drug-likeness (QED) is 0.444. The van der Waals surface area contributed by atoms with Crippen LogP contribution in [0.3, 0.4) is 0 Å². The van der Waals surface area contributed by atoms with Crippen molar-refractivity contribution in [2.24, 2.45) is 0 Å². The van der Waals surface area contributed by atoms with E-state index in [-0.39, 0.29) is 46.1 Å². The third-order valence-electron chi connectivity index (χ3n) is 4.27. The van der Waals surface area contributed by atoms with Crippen LogP contribution < -0.4 is 11.1 Å². The van der Waals surface area contributed by atoms with Crippen LogP contribution in [0.4, 0.5) is 10.8 Å². The van der Waals surface area contributed by atoms with Crippen molar-refractivity contribution in [3.8, 4) is 0 Å². The topological polar surface area (TPSA) is 88.2 Å². The number of nitrogen functional groups attached to an aromatic ring is 1. The first-order chi connectivity index (χ1) is 16.4. The highest BCUT2D eigenvalue weighted by atomic mass is 32.1. The fourth-order valence-electron chi connectivity index (χ4n) is 2.81. The Bertz CT molecular complexity index is 1190. The standard InChI is InChI=1S/C23H27N3O2S/c1-16-5-4-7-18(13-16)21(27)8-3-2-6-17-9-11-19(12-10-17)25-22(28)14-20-15-29-23(24)26-20/h4-5,7,9-13,15,21,27H,2-3,6,8,14H2,1H3,(H2,24,26)(H,25,28)/t21-/m0/s1/i4D,5D,7D,13D,14D2. The summed E-state index contributed by atoms with van der Waals surface area (Å²) in [6.45, 7) is 1.55. The van der Waals surface area contributed by atoms with Crippen LogP contribution >= 0.6 is 11.3 Å². The molecule has 3 rings (SSSR count). The van der Waals surface area contributed by atoms with Crippen molar-refractivity contribution in [3.05, 3.63) is 76.2 Å². The van der Waals surface area contributed by atoms with Gasteiger partial charge in [0.05, 0.1) is 23.7 Å². The molecule has 0 bridgehead atoms. The highest BCUT2D eigenvalue weighted by Crippen LogP contribution is 2.21. The number of carbonyl (C=O) groups is 1. The molecule has 0 aliphatic carbocycles. The number of amides is 1. The fourth-order valence-corrected chi connectivity index (χ4v) is 3.31. The molecule has 1 heterocycles. The summed E-state index contributed by atoms with van der Waals surface area (Å²) in [7, 11) is 0. The molecule has 0 fully saturated rings. The average Bonchev–Trinajstić information content (AvgIpc) is 3.27. The lowest BCUT2D eigenvalue weighted by molar-refractivity contribution is -0.115. The molecule has 29 heavy (non-hydrogen) atoms. The molecule has 6 heteroatoms. The van der Waals surface area contributed by atoms with Gasteiger partial charge in [-0.3, -0.25) is 4.79 Å². The predicted molar refractivity (Wildman–Crippen MR) is 119 cm³/mol. The van der Waals surface area contributed by atoms with Gasteiger partial charge in [-0.1, -0.05) is 48.3 Å². The molecule has 3 aromatic rings. The molecular formula is C23H27N3O2S. The Hall–Kier alpha value is -2.70. The van der Waals surface area contributed by atoms with Gasteiger partial charge < -0.3 is 16.2 Å². The number of aliphatic hydroxyl groups is 1. The number of unbranched alkanes of at least 4 members (excludes halogenated alkanes) is 1. The second-order valence-corrected chi connectivity index (χ2v) is 7.54. The number of benzene rings is 2. The van der Waals surface area contributed by atoms with Crippen LogP contribution in [0.5, 0.6) is 0 Å². The van der Waals surface area contributed by atoms with Gasteiger partial charge in [0.25, 0.3) is 0 Å². The van der Waals surface area contributed by atoms with Crippen LogP contribution in [0.1, 0.15) is 56.0 Å². The largest absolute Gasteiger partial charge is 0.388 e. The minimum atomic E-state index is -2.31. The number of hydrogen-bond acceptors (Lipinski definition) is 5. The van der Waals surface area contributed by atoms with Crippen molar-refractivity contribution < 1.29 is 18.1 Å². The Balaban J connectivity index is 1.52. The van der Waals surface area contributed by atoms with E-state index in [1.54, 1.807) is 19.1 Å². The monoisotopic (exact) mass is 415 g/mol. The first-order valence-electron chi connectivity index (χ1n) is 12.3. The van der Waals surface area contributed by atoms with Gasteiger partial charge in [0.1, 0.15) is 0 Å². The molecule has 4 N–H and O–H groups in total. The van der Waals surface area contributed by atoms with Gasteiger partial charge in [0.15, 0.2) is 5.13 Å². The van der Waals surface area contributed by atoms with Crippen molar-refractivity contribution in [3.63, 3.8) is 0 Å². The van der Waals surface area contributed by atoms with Crippen molar-refractivity contribution in [2.75, 3.05) is 11.1 Å². The van der Waals surface area contributed by atoms with Crippen LogP contribution in [0.25, 0.3) is 0 Å². The highest BCUT2D eigenvalue weighted by Gasteiger charge is 2.08. The number of nitrogens with one attached hydrogen (secondary N) is 1. The maximum absolute atomic E-state index is 12.4. The van der Waals surface area contributed by atoms with E-state index < -0.39 is 18.4 Å². The third kappa shape index (κ3) is 6.69. The van der Waals surface area contributed by atoms with Gasteiger partial charge in [0.2, 0.25) is 5.91 Å². The SMILES string of the molecule is [2H]c1c([2H])c(C)c([2H])c([C@@H](O)CCCCc2ccc(NC(=O)C([2H])([2H])c3csc(N)n3)cc2)c1[2H]. The lowest BCUT2D eigenvalue weighted by Gasteiger charge is -2.11. The van der Waals surface area contributed by atoms with Crippen molar-refractivity contribution >= 4 is 28.1 Å². The zero-order valence-corrected chi connectivity index (χ0v) is 16.9. The number of thiazole rings is 1. The predicted octanol–water partition coefficient (Wildman–Crippen LogP) is 4.66. The van der Waals surface area contributed by atoms with Gasteiger partial charge in [-0.2, -0.15) is 0 Å². The maximum Gasteiger partial charge on any atom is 0.230 e. The van der Waals surface area contributed by atoms with E-state index in [2.05, 4.69) is 10.3 Å². The number of anilines is 2. The molecule has 1 aromatic heterocycles. The van der Waals surface area contributed by atoms with E-state index in [1.165, 1.54) is 5.38 Å². The molecule has 0 radical (unpaired) electrons. The Kier molecular flexibility index (Phi) is 5.03. The summed E-state index contributed by atoms with van der Waals surface area (Å²) >= 11 is 1.07. The first kappa shape index (κ1) is 14.3. The van der Waals surface area contributed by atoms with E-state index in [4.69, 9.17) is 14.0 Å². The van der Waals surface area contributed by atoms with E-state index in [0.717, 1.165) is 23.3 Å². The number of aliphatic hydroxyl groups excluding tert-OH is 1. The Morgan fingerprint density at radius 2 is 2.14 bits per heavy atom. The molecule has 0 saturated heterocycles. The molecule has 1 atom stereocenters. The minimum Gasteiger partial charge on any atom is -0.388 e. The lowest BCUT2D eigenvalue weighted by Crippen LogP contribution is -2.14. The number of aromatic nitrogens is 1. The molecule has 1 amide bonds. The fraction of sp³-hybridized carbons (Fsp3) is 0.304. The molecule has 5 nitrogen and oxygen atoms in total. The zero-order chi connectivity index (χ0) is 25.9. The van der Waals surface area contributed by atoms with Crippen LogP contribution in [-0.2, 0) is 17.6 Å². The van der Waals surface area contributed by atoms with Crippen LogP contribution in [-0.4, -0.2) is 16.0 Å². The highest BCUT2D eigenvalue weighted by molar-refractivity contribution is 7.13. The molecule has 0 unspecified atom stereocenters. The number of rotatable bonds is 9. The van der Waals surface area contributed by atoms with Gasteiger partial charge in [0, 0.05) is 13.8 Å². The third-order valence-corrected chi connectivity index (χ3v) is 4.94. The molecule has 0 saturated carbocycles. The summed E-state index contributed by atoms with van der Waals surface area (Å²) in [4.78, 5) is 16.3. The summed E-state index contributed by atoms with van der Waals surface area (Å²) in [5, 5.41) is 14.7. The summed E-state index contributed by atoms with van der Waals surface area (Å²) in [6.07, 6.45) is -0.954. The average molecular weight is 416 g/mol. The minimum absolute atomic E-state index is 0.0314. The Labute approximate surface area is 184 Å². The van der Waals surface area contributed by atoms with Gasteiger partial charge >= 0.3 is 0 Å². The van der Waals surface area contributed by atoms with Crippen molar-refractivity contribution in [2.45, 2.75) is 45.1 Å². The Morgan fingerprint density at radius 1 is 1.34 bits per heavy atom. The van der Waals surface area contributed by atoms with Gasteiger partial charge in [-0.05, 0) is 49.4 Å². The zero-order valence-electron chi connectivity index (χ0n) is 22.1. The van der Waals surface area contributed by atoms with Crippen molar-refractivity contribution in [1.29, 1.82) is 0 Å². The first-order valence-corrected chi connectivity index (χ1v) is 10.2. The number of carbonyl (C=O) groups excluding carboxylic acids is 1. The maximum atomic E-state index is 12.4. The van der Waals surface area contributed by atoms with Crippen LogP contribution in [0.15, 0.2) is 53.8 Å². The Morgan fingerprint density at radius 3 is 2.86 bits per heavy atom. The van der Waals surface area contributed by atoms with Crippen molar-refractivity contribution in [1.82, 2.24) is 4.98 Å². The number of hydrogen-bond donors (Lipinski definition) is 3. The van der Waals surface area contributed by atoms with E-state index >= 15 is 0 Å². The summed E-state index contributed by atoms with van der Waals surface area (Å²) in [5.74, 6) is -0.836. The number of nitrogens with two attached hydrogens (primary N) is 1. The summed E-state index contributed by atoms with van der Waals surface area (Å²) < 4.78 is 47.9. The van der Waals surface area contributed by atoms with Gasteiger partial charge in [-0.25, -0.2) is 4.98 Å². The van der Waals surface area contributed by atoms with E-state index in [9.17, 15) is 9.90 Å². The van der Waals surface area contributed by atoms with Crippen LogP contribution in [0.2, 0.25) is 0 Å². The smallest absolute Gasteiger partial charge is 0.230 e. The summed E-state index contributed by atoms with van der Waals surface area (Å²) in [5.41, 5.74) is 7.34. The lowest BCUT2D eigenvalue weighted by atomic mass is 10.00. The molecule has 0 aliphatic heterocycles. The van der Waals surface area contributed by atoms with E-state index in [0.29, 0.717) is 24.9 Å². The molecule has 2 aromatic carbocycles. The van der Waals surface area contributed by atoms with Gasteiger partial charge in [-0.15, -0.1) is 11.3 Å². The number of nitrogens with zero attached hydrogens (tertiary/aromatic N) is 1. The summed E-state index contributed by atoms with van der Waals surface area (Å²) in [6, 6.07) is 6.29. The molecule has 0 aliphatic rings. The molecular weight excluding hydrogens is 382 g/mol. The van der Waals surface area contributed by atoms with E-state index in [1.807, 2.05) is 12.1 Å². The van der Waals surface area contributed by atoms with Crippen LogP contribution in [0, 0.1) is 6.92 Å². The molecule has 152 valence electrons. The number of aryl methyl sites for hydroxylation is 1. The second-order valence-electron chi connectivity index (χ2n) is 6.65. The molecule has 0 spiro atoms. The second kappa shape index (κ2) is 10.2. The normalized spacial score (nSPS) is 15.4.